The second-order valence-electron chi connectivity index (χ2n) is 7.04. The van der Waals surface area contributed by atoms with E-state index in [1.165, 1.54) is 12.0 Å². The van der Waals surface area contributed by atoms with Crippen molar-refractivity contribution in [1.82, 2.24) is 10.6 Å². The van der Waals surface area contributed by atoms with Gasteiger partial charge in [0, 0.05) is 12.0 Å². The molecule has 4 nitrogen and oxygen atoms in total. The lowest BCUT2D eigenvalue weighted by Crippen LogP contribution is -2.51. The summed E-state index contributed by atoms with van der Waals surface area (Å²) in [6, 6.07) is 10.7. The van der Waals surface area contributed by atoms with Crippen molar-refractivity contribution in [2.45, 2.75) is 62.2 Å². The summed E-state index contributed by atoms with van der Waals surface area (Å²) in [6.07, 6.45) is 7.40. The first kappa shape index (κ1) is 14.1. The molecule has 3 aliphatic rings. The van der Waals surface area contributed by atoms with Gasteiger partial charge in [-0.2, -0.15) is 0 Å². The van der Waals surface area contributed by atoms with Crippen LogP contribution in [0.4, 0.5) is 4.79 Å². The van der Waals surface area contributed by atoms with Gasteiger partial charge in [-0.1, -0.05) is 36.8 Å². The summed E-state index contributed by atoms with van der Waals surface area (Å²) >= 11 is 0. The lowest BCUT2D eigenvalue weighted by molar-refractivity contribution is 0.0980. The van der Waals surface area contributed by atoms with Crippen molar-refractivity contribution in [3.8, 4) is 0 Å². The quantitative estimate of drug-likeness (QED) is 0.898. The van der Waals surface area contributed by atoms with E-state index < -0.39 is 0 Å². The van der Waals surface area contributed by atoms with Crippen LogP contribution in [0.5, 0.6) is 0 Å². The molecule has 2 aliphatic heterocycles. The molecule has 0 spiro atoms. The number of ether oxygens (including phenoxy) is 1. The van der Waals surface area contributed by atoms with Gasteiger partial charge in [-0.05, 0) is 37.7 Å². The second kappa shape index (κ2) is 5.58. The average Bonchev–Trinajstić information content (AvgIpc) is 3.10. The molecule has 0 aromatic heterocycles. The Kier molecular flexibility index (Phi) is 3.57. The largest absolute Gasteiger partial charge is 0.373 e. The maximum atomic E-state index is 12.2. The molecule has 1 aliphatic carbocycles. The first-order chi connectivity index (χ1) is 10.8. The first-order valence-corrected chi connectivity index (χ1v) is 8.51. The van der Waals surface area contributed by atoms with Crippen LogP contribution in [0.2, 0.25) is 0 Å². The molecule has 3 fully saturated rings. The highest BCUT2D eigenvalue weighted by Gasteiger charge is 2.42. The molecule has 2 heterocycles. The summed E-state index contributed by atoms with van der Waals surface area (Å²) < 4.78 is 5.79. The fourth-order valence-corrected chi connectivity index (χ4v) is 4.22. The highest BCUT2D eigenvalue weighted by atomic mass is 16.5. The van der Waals surface area contributed by atoms with E-state index in [1.807, 2.05) is 6.07 Å². The molecule has 1 aromatic carbocycles. The smallest absolute Gasteiger partial charge is 0.315 e. The highest BCUT2D eigenvalue weighted by molar-refractivity contribution is 5.74. The monoisotopic (exact) mass is 300 g/mol. The molecule has 2 bridgehead atoms. The van der Waals surface area contributed by atoms with Crippen molar-refractivity contribution in [3.63, 3.8) is 0 Å². The Balaban J connectivity index is 1.33. The third kappa shape index (κ3) is 2.50. The van der Waals surface area contributed by atoms with E-state index in [0.717, 1.165) is 38.6 Å². The van der Waals surface area contributed by atoms with Crippen LogP contribution in [-0.4, -0.2) is 30.8 Å². The van der Waals surface area contributed by atoms with Gasteiger partial charge in [-0.25, -0.2) is 4.79 Å². The van der Waals surface area contributed by atoms with Crippen molar-refractivity contribution in [2.75, 3.05) is 6.54 Å². The Labute approximate surface area is 131 Å². The van der Waals surface area contributed by atoms with Gasteiger partial charge in [0.05, 0.1) is 18.2 Å². The molecule has 2 amide bonds. The van der Waals surface area contributed by atoms with E-state index in [4.69, 9.17) is 4.74 Å². The van der Waals surface area contributed by atoms with E-state index in [0.29, 0.717) is 6.10 Å². The van der Waals surface area contributed by atoms with Gasteiger partial charge in [0.25, 0.3) is 0 Å². The van der Waals surface area contributed by atoms with Crippen molar-refractivity contribution in [1.29, 1.82) is 0 Å². The van der Waals surface area contributed by atoms with E-state index in [2.05, 4.69) is 34.9 Å². The molecule has 0 radical (unpaired) electrons. The molecule has 0 unspecified atom stereocenters. The standard InChI is InChI=1S/C18H24N2O2/c21-17(20-15-11-14-7-8-16(15)22-14)19-12-18(9-4-10-18)13-5-2-1-3-6-13/h1-3,5-6,14-16H,4,7-12H2,(H2,19,20,21)/t14-,15+,16-/m1/s1. The second-order valence-corrected chi connectivity index (χ2v) is 7.04. The molecule has 1 saturated carbocycles. The molecule has 1 aromatic rings. The van der Waals surface area contributed by atoms with Gasteiger partial charge >= 0.3 is 6.03 Å². The average molecular weight is 300 g/mol. The molecule has 4 rings (SSSR count). The molecule has 4 heteroatoms. The van der Waals surface area contributed by atoms with Crippen LogP contribution in [0.25, 0.3) is 0 Å². The molecular formula is C18H24N2O2. The predicted molar refractivity (Wildman–Crippen MR) is 84.8 cm³/mol. The summed E-state index contributed by atoms with van der Waals surface area (Å²) in [7, 11) is 0. The van der Waals surface area contributed by atoms with E-state index in [9.17, 15) is 4.79 Å². The molecule has 3 atom stereocenters. The first-order valence-electron chi connectivity index (χ1n) is 8.51. The highest BCUT2D eigenvalue weighted by Crippen LogP contribution is 2.43. The van der Waals surface area contributed by atoms with Crippen LogP contribution in [0.1, 0.15) is 44.1 Å². The van der Waals surface area contributed by atoms with Crippen LogP contribution in [0.3, 0.4) is 0 Å². The number of carbonyl (C=O) groups excluding carboxylic acids is 1. The van der Waals surface area contributed by atoms with Gasteiger partial charge < -0.3 is 15.4 Å². The normalized spacial score (nSPS) is 31.5. The molecule has 118 valence electrons. The number of fused-ring (bicyclic) bond motifs is 2. The Bertz CT molecular complexity index is 541. The Hall–Kier alpha value is -1.55. The number of hydrogen-bond acceptors (Lipinski definition) is 2. The topological polar surface area (TPSA) is 50.4 Å². The van der Waals surface area contributed by atoms with E-state index in [-0.39, 0.29) is 23.6 Å². The molecule has 22 heavy (non-hydrogen) atoms. The minimum absolute atomic E-state index is 0.0386. The lowest BCUT2D eigenvalue weighted by atomic mass is 9.64. The number of benzene rings is 1. The maximum Gasteiger partial charge on any atom is 0.315 e. The zero-order valence-electron chi connectivity index (χ0n) is 12.9. The van der Waals surface area contributed by atoms with E-state index in [1.54, 1.807) is 0 Å². The van der Waals surface area contributed by atoms with Crippen LogP contribution < -0.4 is 10.6 Å². The molecule has 2 saturated heterocycles. The zero-order valence-corrected chi connectivity index (χ0v) is 12.9. The van der Waals surface area contributed by atoms with Gasteiger partial charge in [0.1, 0.15) is 0 Å². The Morgan fingerprint density at radius 1 is 1.23 bits per heavy atom. The van der Waals surface area contributed by atoms with Crippen molar-refractivity contribution in [3.05, 3.63) is 35.9 Å². The van der Waals surface area contributed by atoms with Gasteiger partial charge in [-0.3, -0.25) is 0 Å². The van der Waals surface area contributed by atoms with Crippen molar-refractivity contribution >= 4 is 6.03 Å². The fraction of sp³-hybridized carbons (Fsp3) is 0.611. The summed E-state index contributed by atoms with van der Waals surface area (Å²) in [5.41, 5.74) is 1.49. The summed E-state index contributed by atoms with van der Waals surface area (Å²) in [4.78, 5) is 12.2. The summed E-state index contributed by atoms with van der Waals surface area (Å²) in [6.45, 7) is 0.727. The van der Waals surface area contributed by atoms with Crippen LogP contribution in [0, 0.1) is 0 Å². The van der Waals surface area contributed by atoms with Gasteiger partial charge in [-0.15, -0.1) is 0 Å². The summed E-state index contributed by atoms with van der Waals surface area (Å²) in [5.74, 6) is 0. The van der Waals surface area contributed by atoms with Crippen LogP contribution in [-0.2, 0) is 10.2 Å². The minimum Gasteiger partial charge on any atom is -0.373 e. The summed E-state index contributed by atoms with van der Waals surface area (Å²) in [5, 5.41) is 6.21. The third-order valence-electron chi connectivity index (χ3n) is 5.71. The Morgan fingerprint density at radius 3 is 2.64 bits per heavy atom. The lowest BCUT2D eigenvalue weighted by Gasteiger charge is -2.42. The third-order valence-corrected chi connectivity index (χ3v) is 5.71. The molecular weight excluding hydrogens is 276 g/mol. The SMILES string of the molecule is O=C(NCC1(c2ccccc2)CCC1)N[C@H]1C[C@H]2CC[C@H]1O2. The van der Waals surface area contributed by atoms with E-state index >= 15 is 0 Å². The van der Waals surface area contributed by atoms with Crippen molar-refractivity contribution < 1.29 is 9.53 Å². The number of urea groups is 1. The molecule has 2 N–H and O–H groups in total. The van der Waals surface area contributed by atoms with Gasteiger partial charge in [0.2, 0.25) is 0 Å². The number of nitrogens with one attached hydrogen (secondary N) is 2. The number of hydrogen-bond donors (Lipinski definition) is 2. The minimum atomic E-state index is -0.0386. The maximum absolute atomic E-state index is 12.2. The Morgan fingerprint density at radius 2 is 2.05 bits per heavy atom. The number of carbonyl (C=O) groups is 1. The van der Waals surface area contributed by atoms with Crippen LogP contribution >= 0.6 is 0 Å². The van der Waals surface area contributed by atoms with Crippen molar-refractivity contribution in [2.24, 2.45) is 0 Å². The fourth-order valence-electron chi connectivity index (χ4n) is 4.22. The zero-order chi connectivity index (χ0) is 15.0. The van der Waals surface area contributed by atoms with Crippen LogP contribution in [0.15, 0.2) is 30.3 Å². The number of rotatable bonds is 4. The number of amides is 2. The predicted octanol–water partition coefficient (Wildman–Crippen LogP) is 2.73. The van der Waals surface area contributed by atoms with Gasteiger partial charge in [0.15, 0.2) is 0 Å².